The lowest BCUT2D eigenvalue weighted by Gasteiger charge is -2.16. The minimum Gasteiger partial charge on any atom is -0.247 e. The van der Waals surface area contributed by atoms with Crippen LogP contribution in [0.4, 0.5) is 0 Å². The first-order chi connectivity index (χ1) is 20.8. The Bertz CT molecular complexity index is 2170. The van der Waals surface area contributed by atoms with Gasteiger partial charge >= 0.3 is 0 Å². The second-order valence-electron chi connectivity index (χ2n) is 10.3. The Balaban J connectivity index is 1.50. The summed E-state index contributed by atoms with van der Waals surface area (Å²) >= 11 is 0. The Morgan fingerprint density at radius 1 is 0.333 bits per heavy atom. The molecule has 6 aromatic carbocycles. The van der Waals surface area contributed by atoms with E-state index in [1.165, 1.54) is 5.39 Å². The molecule has 0 aliphatic heterocycles. The summed E-state index contributed by atoms with van der Waals surface area (Å²) < 4.78 is 0. The summed E-state index contributed by atoms with van der Waals surface area (Å²) in [5.74, 6) is 1.92. The molecule has 2 heterocycles. The van der Waals surface area contributed by atoms with Crippen LogP contribution in [0.5, 0.6) is 0 Å². The zero-order valence-electron chi connectivity index (χ0n) is 22.6. The van der Waals surface area contributed by atoms with E-state index in [-0.39, 0.29) is 0 Å². The van der Waals surface area contributed by atoms with Crippen LogP contribution in [0.2, 0.25) is 0 Å². The van der Waals surface area contributed by atoms with Crippen molar-refractivity contribution in [1.82, 2.24) is 19.9 Å². The molecule has 0 radical (unpaired) electrons. The van der Waals surface area contributed by atoms with Crippen LogP contribution in [0, 0.1) is 0 Å². The Morgan fingerprint density at radius 2 is 0.810 bits per heavy atom. The van der Waals surface area contributed by atoms with E-state index in [4.69, 9.17) is 19.9 Å². The highest BCUT2D eigenvalue weighted by Crippen LogP contribution is 2.41. The fourth-order valence-electron chi connectivity index (χ4n) is 5.75. The van der Waals surface area contributed by atoms with Crippen molar-refractivity contribution in [2.75, 3.05) is 0 Å². The van der Waals surface area contributed by atoms with Crippen molar-refractivity contribution in [2.24, 2.45) is 0 Å². The van der Waals surface area contributed by atoms with Crippen molar-refractivity contribution < 1.29 is 0 Å². The molecule has 4 nitrogen and oxygen atoms in total. The number of fused-ring (bicyclic) bond motifs is 5. The average Bonchev–Trinajstić information content (AvgIpc) is 3.08. The Morgan fingerprint density at radius 3 is 1.43 bits per heavy atom. The average molecular weight is 537 g/mol. The molecule has 8 rings (SSSR count). The zero-order chi connectivity index (χ0) is 27.9. The topological polar surface area (TPSA) is 51.6 Å². The lowest BCUT2D eigenvalue weighted by Crippen LogP contribution is -2.01. The largest absolute Gasteiger partial charge is 0.247 e. The summed E-state index contributed by atoms with van der Waals surface area (Å²) in [6.45, 7) is 0. The van der Waals surface area contributed by atoms with Gasteiger partial charge in [-0.25, -0.2) is 19.9 Å². The molecule has 4 heteroatoms. The highest BCUT2D eigenvalue weighted by atomic mass is 15.0. The lowest BCUT2D eigenvalue weighted by molar-refractivity contribution is 1.08. The highest BCUT2D eigenvalue weighted by molar-refractivity contribution is 6.25. The van der Waals surface area contributed by atoms with E-state index in [0.717, 1.165) is 55.0 Å². The Labute approximate surface area is 243 Å². The van der Waals surface area contributed by atoms with E-state index >= 15 is 0 Å². The standard InChI is InChI=1S/C38H24N4/c1-4-14-25(15-5-1)35-32-24-31(28-20-10-11-21-29(28)34(32)30-22-12-13-23-33(30)39-35)38-41-36(26-16-6-2-7-17-26)40-37(42-38)27-18-8-3-9-19-27/h1-24H. The summed E-state index contributed by atoms with van der Waals surface area (Å²) in [6.07, 6.45) is 0. The number of benzene rings is 6. The molecule has 0 bridgehead atoms. The monoisotopic (exact) mass is 536 g/mol. The first-order valence-electron chi connectivity index (χ1n) is 14.0. The van der Waals surface area contributed by atoms with Crippen LogP contribution in [0.1, 0.15) is 0 Å². The molecule has 0 unspecified atom stereocenters. The number of hydrogen-bond donors (Lipinski definition) is 0. The summed E-state index contributed by atoms with van der Waals surface area (Å²) in [7, 11) is 0. The molecule has 0 spiro atoms. The highest BCUT2D eigenvalue weighted by Gasteiger charge is 2.19. The van der Waals surface area contributed by atoms with E-state index in [2.05, 4.69) is 72.8 Å². The van der Waals surface area contributed by atoms with Gasteiger partial charge < -0.3 is 0 Å². The fraction of sp³-hybridized carbons (Fsp3) is 0. The molecule has 0 atom stereocenters. The number of pyridine rings is 1. The first kappa shape index (κ1) is 24.1. The predicted octanol–water partition coefficient (Wildman–Crippen LogP) is 9.39. The van der Waals surface area contributed by atoms with Gasteiger partial charge in [0.2, 0.25) is 0 Å². The van der Waals surface area contributed by atoms with Gasteiger partial charge in [-0.05, 0) is 22.9 Å². The fourth-order valence-corrected chi connectivity index (χ4v) is 5.75. The van der Waals surface area contributed by atoms with Crippen molar-refractivity contribution in [2.45, 2.75) is 0 Å². The number of para-hydroxylation sites is 1. The van der Waals surface area contributed by atoms with Gasteiger partial charge in [0, 0.05) is 38.4 Å². The maximum atomic E-state index is 5.19. The van der Waals surface area contributed by atoms with Crippen molar-refractivity contribution in [3.63, 3.8) is 0 Å². The van der Waals surface area contributed by atoms with Gasteiger partial charge in [0.25, 0.3) is 0 Å². The van der Waals surface area contributed by atoms with Crippen LogP contribution >= 0.6 is 0 Å². The van der Waals surface area contributed by atoms with E-state index in [9.17, 15) is 0 Å². The van der Waals surface area contributed by atoms with Gasteiger partial charge in [-0.15, -0.1) is 0 Å². The van der Waals surface area contributed by atoms with E-state index < -0.39 is 0 Å². The van der Waals surface area contributed by atoms with Gasteiger partial charge in [-0.1, -0.05) is 133 Å². The van der Waals surface area contributed by atoms with Crippen LogP contribution in [0.15, 0.2) is 146 Å². The second kappa shape index (κ2) is 10.0. The summed E-state index contributed by atoms with van der Waals surface area (Å²) in [5.41, 5.74) is 5.82. The van der Waals surface area contributed by atoms with Crippen molar-refractivity contribution in [3.05, 3.63) is 146 Å². The maximum absolute atomic E-state index is 5.19. The normalized spacial score (nSPS) is 11.3. The zero-order valence-corrected chi connectivity index (χ0v) is 22.6. The molecule has 0 saturated carbocycles. The van der Waals surface area contributed by atoms with Crippen LogP contribution < -0.4 is 0 Å². The second-order valence-corrected chi connectivity index (χ2v) is 10.3. The Kier molecular flexibility index (Phi) is 5.75. The van der Waals surface area contributed by atoms with Crippen LogP contribution in [-0.2, 0) is 0 Å². The molecule has 0 fully saturated rings. The smallest absolute Gasteiger partial charge is 0.164 e. The predicted molar refractivity (Wildman–Crippen MR) is 172 cm³/mol. The Hall–Kier alpha value is -5.74. The van der Waals surface area contributed by atoms with Gasteiger partial charge in [0.1, 0.15) is 0 Å². The lowest BCUT2D eigenvalue weighted by atomic mass is 9.92. The summed E-state index contributed by atoms with van der Waals surface area (Å²) in [5, 5.41) is 5.60. The number of hydrogen-bond acceptors (Lipinski definition) is 4. The van der Waals surface area contributed by atoms with Crippen LogP contribution in [-0.4, -0.2) is 19.9 Å². The molecule has 8 aromatic rings. The molecular formula is C38H24N4. The van der Waals surface area contributed by atoms with Gasteiger partial charge in [-0.2, -0.15) is 0 Å². The molecule has 0 aliphatic carbocycles. The first-order valence-corrected chi connectivity index (χ1v) is 14.0. The number of aromatic nitrogens is 4. The van der Waals surface area contributed by atoms with Crippen molar-refractivity contribution >= 4 is 32.4 Å². The maximum Gasteiger partial charge on any atom is 0.164 e. The minimum atomic E-state index is 0.632. The van der Waals surface area contributed by atoms with Crippen molar-refractivity contribution in [1.29, 1.82) is 0 Å². The van der Waals surface area contributed by atoms with Crippen molar-refractivity contribution in [3.8, 4) is 45.4 Å². The number of rotatable bonds is 4. The summed E-state index contributed by atoms with van der Waals surface area (Å²) in [4.78, 5) is 20.3. The molecular weight excluding hydrogens is 512 g/mol. The molecule has 0 N–H and O–H groups in total. The molecule has 0 aliphatic rings. The molecule has 0 saturated heterocycles. The molecule has 2 aromatic heterocycles. The van der Waals surface area contributed by atoms with E-state index in [1.807, 2.05) is 72.8 Å². The third-order valence-electron chi connectivity index (χ3n) is 7.69. The molecule has 196 valence electrons. The third kappa shape index (κ3) is 4.09. The third-order valence-corrected chi connectivity index (χ3v) is 7.69. The molecule has 42 heavy (non-hydrogen) atoms. The van der Waals surface area contributed by atoms with E-state index in [0.29, 0.717) is 17.5 Å². The van der Waals surface area contributed by atoms with Crippen LogP contribution in [0.3, 0.4) is 0 Å². The van der Waals surface area contributed by atoms with E-state index in [1.54, 1.807) is 0 Å². The minimum absolute atomic E-state index is 0.632. The van der Waals surface area contributed by atoms with Gasteiger partial charge in [0.05, 0.1) is 11.2 Å². The summed E-state index contributed by atoms with van der Waals surface area (Å²) in [6, 6.07) is 49.7. The van der Waals surface area contributed by atoms with Gasteiger partial charge in [-0.3, -0.25) is 0 Å². The van der Waals surface area contributed by atoms with Crippen LogP contribution in [0.25, 0.3) is 77.9 Å². The SMILES string of the molecule is c1ccc(-c2nc(-c3ccccc3)nc(-c3cc4c(-c5ccccc5)nc5ccccc5c4c4ccccc34)n2)cc1. The quantitative estimate of drug-likeness (QED) is 0.210. The van der Waals surface area contributed by atoms with Gasteiger partial charge in [0.15, 0.2) is 17.5 Å². The molecule has 0 amide bonds. The number of nitrogens with zero attached hydrogens (tertiary/aromatic N) is 4.